The average Bonchev–Trinajstić information content (AvgIpc) is 3.47. The largest absolute Gasteiger partial charge is 0.361 e. The van der Waals surface area contributed by atoms with E-state index in [9.17, 15) is 9.59 Å². The second-order valence-corrected chi connectivity index (χ2v) is 9.90. The van der Waals surface area contributed by atoms with E-state index in [0.717, 1.165) is 54.0 Å². The Labute approximate surface area is 182 Å². The molecule has 1 aliphatic heterocycles. The molecule has 6 nitrogen and oxygen atoms in total. The van der Waals surface area contributed by atoms with E-state index < -0.39 is 0 Å². The van der Waals surface area contributed by atoms with Crippen LogP contribution in [0, 0.1) is 25.2 Å². The van der Waals surface area contributed by atoms with Gasteiger partial charge < -0.3 is 14.3 Å². The Hall–Kier alpha value is -2.15. The number of aromatic nitrogens is 1. The number of thiophene rings is 1. The lowest BCUT2D eigenvalue weighted by atomic mass is 9.67. The van der Waals surface area contributed by atoms with E-state index in [-0.39, 0.29) is 23.1 Å². The molecule has 0 aromatic carbocycles. The Balaban J connectivity index is 1.49. The predicted octanol–water partition coefficient (Wildman–Crippen LogP) is 4.08. The molecule has 7 heteroatoms. The van der Waals surface area contributed by atoms with Crippen LogP contribution in [0.3, 0.4) is 0 Å². The SMILES string of the molecule is Cc1noc(C)c1CCN(C)C(=O)C1CN(C(=O)c2cccs2)CC12CCCCC2. The summed E-state index contributed by atoms with van der Waals surface area (Å²) >= 11 is 1.48. The smallest absolute Gasteiger partial charge is 0.263 e. The number of hydrogen-bond donors (Lipinski definition) is 0. The molecule has 1 saturated carbocycles. The highest BCUT2D eigenvalue weighted by Crippen LogP contribution is 2.48. The van der Waals surface area contributed by atoms with Crippen molar-refractivity contribution in [3.8, 4) is 0 Å². The Bertz CT molecular complexity index is 879. The van der Waals surface area contributed by atoms with Gasteiger partial charge in [-0.25, -0.2) is 0 Å². The van der Waals surface area contributed by atoms with Gasteiger partial charge in [0.05, 0.1) is 16.5 Å². The molecule has 0 bridgehead atoms. The molecule has 30 heavy (non-hydrogen) atoms. The Morgan fingerprint density at radius 1 is 1.30 bits per heavy atom. The van der Waals surface area contributed by atoms with Crippen LogP contribution in [0.4, 0.5) is 0 Å². The van der Waals surface area contributed by atoms with E-state index in [2.05, 4.69) is 5.16 Å². The minimum atomic E-state index is -0.114. The molecule has 1 spiro atoms. The first kappa shape index (κ1) is 21.1. The zero-order chi connectivity index (χ0) is 21.3. The lowest BCUT2D eigenvalue weighted by Gasteiger charge is -2.38. The van der Waals surface area contributed by atoms with Crippen molar-refractivity contribution in [3.63, 3.8) is 0 Å². The maximum Gasteiger partial charge on any atom is 0.263 e. The van der Waals surface area contributed by atoms with Gasteiger partial charge in [0.15, 0.2) is 0 Å². The summed E-state index contributed by atoms with van der Waals surface area (Å²) in [5.41, 5.74) is 1.91. The van der Waals surface area contributed by atoms with Gasteiger partial charge >= 0.3 is 0 Å². The fourth-order valence-electron chi connectivity index (χ4n) is 5.30. The Morgan fingerprint density at radius 2 is 2.07 bits per heavy atom. The number of nitrogens with zero attached hydrogens (tertiary/aromatic N) is 3. The van der Waals surface area contributed by atoms with E-state index >= 15 is 0 Å². The molecule has 1 atom stereocenters. The van der Waals surface area contributed by atoms with Gasteiger partial charge in [0.25, 0.3) is 5.91 Å². The highest BCUT2D eigenvalue weighted by atomic mass is 32.1. The van der Waals surface area contributed by atoms with Crippen molar-refractivity contribution in [2.75, 3.05) is 26.7 Å². The topological polar surface area (TPSA) is 66.7 Å². The molecule has 2 aromatic heterocycles. The maximum atomic E-state index is 13.6. The standard InChI is InChI=1S/C23H31N3O3S/c1-16-18(17(2)29-24-16)9-12-25(3)21(27)19-14-26(22(28)20-8-7-13-30-20)15-23(19)10-5-4-6-11-23/h7-8,13,19H,4-6,9-12,14-15H2,1-3H3. The zero-order valence-electron chi connectivity index (χ0n) is 18.1. The summed E-state index contributed by atoms with van der Waals surface area (Å²) in [6.45, 7) is 5.73. The Kier molecular flexibility index (Phi) is 6.00. The summed E-state index contributed by atoms with van der Waals surface area (Å²) in [4.78, 5) is 31.1. The summed E-state index contributed by atoms with van der Waals surface area (Å²) < 4.78 is 5.26. The zero-order valence-corrected chi connectivity index (χ0v) is 19.0. The van der Waals surface area contributed by atoms with E-state index in [1.165, 1.54) is 17.8 Å². The summed E-state index contributed by atoms with van der Waals surface area (Å²) in [6.07, 6.45) is 6.33. The van der Waals surface area contributed by atoms with Crippen LogP contribution >= 0.6 is 11.3 Å². The minimum Gasteiger partial charge on any atom is -0.361 e. The molecule has 2 amide bonds. The lowest BCUT2D eigenvalue weighted by molar-refractivity contribution is -0.137. The first-order valence-corrected chi connectivity index (χ1v) is 11.8. The number of hydrogen-bond acceptors (Lipinski definition) is 5. The number of rotatable bonds is 5. The van der Waals surface area contributed by atoms with Gasteiger partial charge in [-0.1, -0.05) is 30.5 Å². The van der Waals surface area contributed by atoms with Crippen molar-refractivity contribution in [1.29, 1.82) is 0 Å². The third-order valence-electron chi connectivity index (χ3n) is 7.07. The summed E-state index contributed by atoms with van der Waals surface area (Å²) in [7, 11) is 1.89. The quantitative estimate of drug-likeness (QED) is 0.718. The summed E-state index contributed by atoms with van der Waals surface area (Å²) in [6, 6.07) is 3.79. The fraction of sp³-hybridized carbons (Fsp3) is 0.609. The highest BCUT2D eigenvalue weighted by Gasteiger charge is 2.52. The predicted molar refractivity (Wildman–Crippen MR) is 117 cm³/mol. The average molecular weight is 430 g/mol. The van der Waals surface area contributed by atoms with Crippen molar-refractivity contribution in [2.24, 2.45) is 11.3 Å². The lowest BCUT2D eigenvalue weighted by Crippen LogP contribution is -2.43. The molecule has 1 saturated heterocycles. The van der Waals surface area contributed by atoms with Crippen LogP contribution in [0.2, 0.25) is 0 Å². The van der Waals surface area contributed by atoms with Crippen LogP contribution in [-0.2, 0) is 11.2 Å². The number of carbonyl (C=O) groups is 2. The third kappa shape index (κ3) is 3.92. The van der Waals surface area contributed by atoms with Crippen molar-refractivity contribution < 1.29 is 14.1 Å². The minimum absolute atomic E-state index is 0.0699. The first-order valence-electron chi connectivity index (χ1n) is 10.9. The number of amides is 2. The monoisotopic (exact) mass is 429 g/mol. The molecule has 2 aromatic rings. The molecule has 0 N–H and O–H groups in total. The van der Waals surface area contributed by atoms with Crippen LogP contribution in [0.1, 0.15) is 58.8 Å². The number of likely N-dealkylation sites (N-methyl/N-ethyl adjacent to an activating group) is 1. The van der Waals surface area contributed by atoms with Crippen LogP contribution < -0.4 is 0 Å². The first-order chi connectivity index (χ1) is 14.4. The second kappa shape index (κ2) is 8.53. The molecular formula is C23H31N3O3S. The molecule has 3 heterocycles. The van der Waals surface area contributed by atoms with E-state index in [1.807, 2.05) is 48.2 Å². The maximum absolute atomic E-state index is 13.6. The van der Waals surface area contributed by atoms with Gasteiger partial charge in [0, 0.05) is 37.7 Å². The molecule has 4 rings (SSSR count). The molecule has 2 aliphatic rings. The molecule has 1 aliphatic carbocycles. The van der Waals surface area contributed by atoms with E-state index in [0.29, 0.717) is 19.6 Å². The fourth-order valence-corrected chi connectivity index (χ4v) is 5.99. The van der Waals surface area contributed by atoms with Crippen LogP contribution in [0.5, 0.6) is 0 Å². The summed E-state index contributed by atoms with van der Waals surface area (Å²) in [5, 5.41) is 5.95. The number of likely N-dealkylation sites (tertiary alicyclic amines) is 1. The van der Waals surface area contributed by atoms with Gasteiger partial charge in [-0.3, -0.25) is 9.59 Å². The van der Waals surface area contributed by atoms with Crippen LogP contribution in [0.15, 0.2) is 22.0 Å². The highest BCUT2D eigenvalue weighted by molar-refractivity contribution is 7.12. The second-order valence-electron chi connectivity index (χ2n) is 8.95. The third-order valence-corrected chi connectivity index (χ3v) is 7.93. The van der Waals surface area contributed by atoms with Gasteiger partial charge in [-0.2, -0.15) is 0 Å². The van der Waals surface area contributed by atoms with Crippen molar-refractivity contribution in [3.05, 3.63) is 39.4 Å². The van der Waals surface area contributed by atoms with E-state index in [4.69, 9.17) is 4.52 Å². The van der Waals surface area contributed by atoms with Crippen LogP contribution in [0.25, 0.3) is 0 Å². The van der Waals surface area contributed by atoms with Gasteiger partial charge in [-0.15, -0.1) is 11.3 Å². The van der Waals surface area contributed by atoms with Crippen LogP contribution in [-0.4, -0.2) is 53.5 Å². The van der Waals surface area contributed by atoms with Gasteiger partial charge in [-0.05, 0) is 44.6 Å². The van der Waals surface area contributed by atoms with Gasteiger partial charge in [0.2, 0.25) is 5.91 Å². The van der Waals surface area contributed by atoms with Gasteiger partial charge in [0.1, 0.15) is 5.76 Å². The van der Waals surface area contributed by atoms with Crippen molar-refractivity contribution in [1.82, 2.24) is 15.0 Å². The molecular weight excluding hydrogens is 398 g/mol. The summed E-state index contributed by atoms with van der Waals surface area (Å²) in [5.74, 6) is 0.954. The molecule has 2 fully saturated rings. The number of aryl methyl sites for hydroxylation is 2. The molecule has 162 valence electrons. The van der Waals surface area contributed by atoms with Crippen molar-refractivity contribution in [2.45, 2.75) is 52.4 Å². The molecule has 1 unspecified atom stereocenters. The Morgan fingerprint density at radius 3 is 2.70 bits per heavy atom. The number of carbonyl (C=O) groups excluding carboxylic acids is 2. The van der Waals surface area contributed by atoms with E-state index in [1.54, 1.807) is 0 Å². The molecule has 0 radical (unpaired) electrons. The van der Waals surface area contributed by atoms with Crippen molar-refractivity contribution >= 4 is 23.2 Å². The normalized spacial score (nSPS) is 20.6.